The van der Waals surface area contributed by atoms with Crippen LogP contribution >= 0.6 is 22.9 Å². The predicted molar refractivity (Wildman–Crippen MR) is 110 cm³/mol. The number of ether oxygens (including phenoxy) is 2. The van der Waals surface area contributed by atoms with E-state index in [0.29, 0.717) is 26.1 Å². The Morgan fingerprint density at radius 2 is 2.04 bits per heavy atom. The van der Waals surface area contributed by atoms with E-state index in [9.17, 15) is 4.39 Å². The molecule has 0 spiro atoms. The minimum absolute atomic E-state index is 0.00383. The van der Waals surface area contributed by atoms with Crippen molar-refractivity contribution in [3.63, 3.8) is 0 Å². The van der Waals surface area contributed by atoms with Crippen molar-refractivity contribution in [2.75, 3.05) is 7.11 Å². The lowest BCUT2D eigenvalue weighted by atomic mass is 10.1. The van der Waals surface area contributed by atoms with Crippen LogP contribution in [0.3, 0.4) is 0 Å². The molecular formula is C20H17ClFN3O2S. The maximum Gasteiger partial charge on any atom is 0.252 e. The predicted octanol–water partition coefficient (Wildman–Crippen LogP) is 5.88. The molecule has 1 atom stereocenters. The maximum atomic E-state index is 14.4. The number of aromatic nitrogens is 3. The first-order chi connectivity index (χ1) is 13.5. The van der Waals surface area contributed by atoms with Gasteiger partial charge in [-0.25, -0.2) is 9.37 Å². The number of thiazole rings is 1. The van der Waals surface area contributed by atoms with Crippen LogP contribution in [-0.2, 0) is 0 Å². The lowest BCUT2D eigenvalue weighted by molar-refractivity contribution is 0.199. The van der Waals surface area contributed by atoms with Crippen molar-refractivity contribution in [2.24, 2.45) is 0 Å². The van der Waals surface area contributed by atoms with E-state index in [1.165, 1.54) is 17.4 Å². The first kappa shape index (κ1) is 18.8. The van der Waals surface area contributed by atoms with Crippen LogP contribution in [-0.4, -0.2) is 28.2 Å². The Kier molecular flexibility index (Phi) is 5.03. The summed E-state index contributed by atoms with van der Waals surface area (Å²) < 4.78 is 25.2. The quantitative estimate of drug-likeness (QED) is 0.405. The minimum Gasteiger partial charge on any atom is -0.495 e. The van der Waals surface area contributed by atoms with Crippen molar-refractivity contribution < 1.29 is 13.9 Å². The topological polar surface area (TPSA) is 57.1 Å². The van der Waals surface area contributed by atoms with E-state index in [4.69, 9.17) is 21.1 Å². The second kappa shape index (κ2) is 7.48. The summed E-state index contributed by atoms with van der Waals surface area (Å²) in [5, 5.41) is 2.05. The highest BCUT2D eigenvalue weighted by atomic mass is 35.5. The van der Waals surface area contributed by atoms with Crippen LogP contribution in [0, 0.1) is 5.82 Å². The second-order valence-corrected chi connectivity index (χ2v) is 7.77. The summed E-state index contributed by atoms with van der Waals surface area (Å²) in [6, 6.07) is 6.83. The summed E-state index contributed by atoms with van der Waals surface area (Å²) in [7, 11) is 1.58. The van der Waals surface area contributed by atoms with Crippen molar-refractivity contribution in [3.05, 3.63) is 41.3 Å². The Balaban J connectivity index is 1.85. The van der Waals surface area contributed by atoms with Crippen molar-refractivity contribution in [1.29, 1.82) is 0 Å². The molecule has 4 rings (SSSR count). The van der Waals surface area contributed by atoms with Crippen LogP contribution in [0.1, 0.15) is 20.3 Å². The van der Waals surface area contributed by atoms with Crippen LogP contribution in [0.15, 0.2) is 30.5 Å². The molecular weight excluding hydrogens is 401 g/mol. The van der Waals surface area contributed by atoms with Gasteiger partial charge in [-0.2, -0.15) is 4.98 Å². The molecule has 8 heteroatoms. The number of hydrogen-bond donors (Lipinski definition) is 0. The number of hydrogen-bond acceptors (Lipinski definition) is 6. The molecule has 3 heterocycles. The highest BCUT2D eigenvalue weighted by molar-refractivity contribution is 7.21. The Hall–Kier alpha value is -2.51. The molecule has 0 aliphatic carbocycles. The number of benzene rings is 1. The Morgan fingerprint density at radius 1 is 1.21 bits per heavy atom. The van der Waals surface area contributed by atoms with E-state index in [1.807, 2.05) is 26.0 Å². The summed E-state index contributed by atoms with van der Waals surface area (Å²) >= 11 is 7.65. The molecule has 0 radical (unpaired) electrons. The third-order valence-corrected chi connectivity index (χ3v) is 5.60. The second-order valence-electron chi connectivity index (χ2n) is 6.36. The van der Waals surface area contributed by atoms with E-state index in [1.54, 1.807) is 19.4 Å². The molecule has 4 aromatic rings. The van der Waals surface area contributed by atoms with Gasteiger partial charge in [-0.05, 0) is 31.5 Å². The smallest absolute Gasteiger partial charge is 0.252 e. The van der Waals surface area contributed by atoms with Crippen LogP contribution in [0.25, 0.3) is 31.8 Å². The minimum atomic E-state index is -0.525. The fourth-order valence-electron chi connectivity index (χ4n) is 2.76. The molecule has 0 amide bonds. The van der Waals surface area contributed by atoms with Gasteiger partial charge < -0.3 is 9.47 Å². The van der Waals surface area contributed by atoms with Gasteiger partial charge in [0.05, 0.1) is 24.9 Å². The molecule has 0 saturated heterocycles. The number of nitrogens with zero attached hydrogens (tertiary/aromatic N) is 3. The largest absolute Gasteiger partial charge is 0.495 e. The highest BCUT2D eigenvalue weighted by Gasteiger charge is 2.17. The van der Waals surface area contributed by atoms with Crippen LogP contribution in [0.5, 0.6) is 11.6 Å². The Labute approximate surface area is 170 Å². The van der Waals surface area contributed by atoms with Crippen molar-refractivity contribution in [1.82, 2.24) is 15.0 Å². The number of methoxy groups -OCH3 is 1. The molecule has 0 aliphatic heterocycles. The molecule has 0 unspecified atom stereocenters. The van der Waals surface area contributed by atoms with Crippen molar-refractivity contribution in [3.8, 4) is 22.2 Å². The van der Waals surface area contributed by atoms with E-state index >= 15 is 0 Å². The average Bonchev–Trinajstić information content (AvgIpc) is 3.09. The van der Waals surface area contributed by atoms with Crippen molar-refractivity contribution >= 4 is 44.2 Å². The zero-order valence-electron chi connectivity index (χ0n) is 15.5. The van der Waals surface area contributed by atoms with Crippen LogP contribution in [0.2, 0.25) is 5.02 Å². The third-order valence-electron chi connectivity index (χ3n) is 4.38. The van der Waals surface area contributed by atoms with Crippen molar-refractivity contribution in [2.45, 2.75) is 26.4 Å². The van der Waals surface area contributed by atoms with E-state index < -0.39 is 5.82 Å². The molecule has 0 bridgehead atoms. The van der Waals surface area contributed by atoms with Gasteiger partial charge in [0.2, 0.25) is 0 Å². The maximum absolute atomic E-state index is 14.4. The molecule has 0 saturated carbocycles. The van der Waals surface area contributed by atoms with Gasteiger partial charge in [-0.1, -0.05) is 29.9 Å². The zero-order valence-corrected chi connectivity index (χ0v) is 17.1. The molecule has 3 aromatic heterocycles. The molecule has 28 heavy (non-hydrogen) atoms. The first-order valence-electron chi connectivity index (χ1n) is 8.76. The van der Waals surface area contributed by atoms with E-state index in [0.717, 1.165) is 22.9 Å². The van der Waals surface area contributed by atoms with Gasteiger partial charge in [0, 0.05) is 22.0 Å². The average molecular weight is 418 g/mol. The SMILES string of the molecule is CC[C@H](C)Oc1nc2sc(-c3cc(Cl)cc4cc(OC)cnc34)nc2cc1F. The van der Waals surface area contributed by atoms with E-state index in [-0.39, 0.29) is 12.0 Å². The number of pyridine rings is 2. The summed E-state index contributed by atoms with van der Waals surface area (Å²) in [6.45, 7) is 3.85. The summed E-state index contributed by atoms with van der Waals surface area (Å²) in [5.41, 5.74) is 1.97. The van der Waals surface area contributed by atoms with Gasteiger partial charge >= 0.3 is 0 Å². The van der Waals surface area contributed by atoms with Gasteiger partial charge in [0.1, 0.15) is 21.1 Å². The molecule has 0 fully saturated rings. The molecule has 0 N–H and O–H groups in total. The Bertz CT molecular complexity index is 1180. The number of rotatable bonds is 5. The standard InChI is InChI=1S/C20H17ClFN3O2S/c1-4-10(2)27-18-15(22)8-16-20(25-18)28-19(24-16)14-7-12(21)5-11-6-13(26-3)9-23-17(11)14/h5-10H,4H2,1-3H3/t10-/m0/s1. The fraction of sp³-hybridized carbons (Fsp3) is 0.250. The molecule has 144 valence electrons. The third kappa shape index (κ3) is 3.47. The highest BCUT2D eigenvalue weighted by Crippen LogP contribution is 2.37. The lowest BCUT2D eigenvalue weighted by Crippen LogP contribution is -2.11. The van der Waals surface area contributed by atoms with Crippen LogP contribution < -0.4 is 9.47 Å². The molecule has 0 aliphatic rings. The lowest BCUT2D eigenvalue weighted by Gasteiger charge is -2.11. The van der Waals surface area contributed by atoms with Crippen LogP contribution in [0.4, 0.5) is 4.39 Å². The van der Waals surface area contributed by atoms with E-state index in [2.05, 4.69) is 15.0 Å². The summed E-state index contributed by atoms with van der Waals surface area (Å²) in [5.74, 6) is 0.111. The van der Waals surface area contributed by atoms with Gasteiger partial charge in [-0.3, -0.25) is 4.98 Å². The normalized spacial score (nSPS) is 12.5. The fourth-order valence-corrected chi connectivity index (χ4v) is 3.92. The van der Waals surface area contributed by atoms with Gasteiger partial charge in [0.25, 0.3) is 5.88 Å². The molecule has 1 aromatic carbocycles. The summed E-state index contributed by atoms with van der Waals surface area (Å²) in [6.07, 6.45) is 2.28. The zero-order chi connectivity index (χ0) is 19.8. The monoisotopic (exact) mass is 417 g/mol. The first-order valence-corrected chi connectivity index (χ1v) is 9.95. The van der Waals surface area contributed by atoms with Gasteiger partial charge in [0.15, 0.2) is 5.82 Å². The Morgan fingerprint density at radius 3 is 2.79 bits per heavy atom. The van der Waals surface area contributed by atoms with Gasteiger partial charge in [-0.15, -0.1) is 0 Å². The molecule has 5 nitrogen and oxygen atoms in total. The number of fused-ring (bicyclic) bond motifs is 2. The summed E-state index contributed by atoms with van der Waals surface area (Å²) in [4.78, 5) is 14.0. The number of halogens is 2.